The molecular weight excluding hydrogens is 559 g/mol. The molecule has 1 heterocycles. The quantitative estimate of drug-likeness (QED) is 0.187. The van der Waals surface area contributed by atoms with Gasteiger partial charge >= 0.3 is 0 Å². The summed E-state index contributed by atoms with van der Waals surface area (Å²) in [7, 11) is -2.58. The number of hydrogen-bond acceptors (Lipinski definition) is 1. The molecule has 0 amide bonds. The van der Waals surface area contributed by atoms with E-state index in [9.17, 15) is 0 Å². The lowest BCUT2D eigenvalue weighted by Gasteiger charge is -2.34. The monoisotopic (exact) mass is 590 g/mol. The molecule has 3 heteroatoms. The fourth-order valence-electron chi connectivity index (χ4n) is 7.22. The molecule has 7 aromatic rings. The lowest BCUT2D eigenvalue weighted by molar-refractivity contribution is 0.487. The van der Waals surface area contributed by atoms with E-state index in [0.717, 1.165) is 11.5 Å². The van der Waals surface area contributed by atoms with Crippen LogP contribution in [-0.4, -0.2) is 14.8 Å². The molecule has 1 aliphatic heterocycles. The van der Waals surface area contributed by atoms with Crippen LogP contribution in [0.4, 0.5) is 0 Å². The summed E-state index contributed by atoms with van der Waals surface area (Å²) in [5.74, 6) is 1.85. The lowest BCUT2D eigenvalue weighted by atomic mass is 9.35. The Hall–Kier alpha value is -5.38. The fourth-order valence-corrected chi connectivity index (χ4v) is 12.0. The first kappa shape index (κ1) is 27.2. The molecule has 0 bridgehead atoms. The topological polar surface area (TPSA) is 9.23 Å². The Kier molecular flexibility index (Phi) is 7.01. The first-order chi connectivity index (χ1) is 22.3. The summed E-state index contributed by atoms with van der Waals surface area (Å²) < 4.78 is 6.36. The first-order valence-electron chi connectivity index (χ1n) is 15.6. The Balaban J connectivity index is 1.31. The van der Waals surface area contributed by atoms with Crippen molar-refractivity contribution in [1.29, 1.82) is 0 Å². The van der Waals surface area contributed by atoms with Gasteiger partial charge in [-0.25, -0.2) is 0 Å². The number of para-hydroxylation sites is 2. The van der Waals surface area contributed by atoms with Gasteiger partial charge in [-0.1, -0.05) is 181 Å². The summed E-state index contributed by atoms with van der Waals surface area (Å²) >= 11 is 0. The van der Waals surface area contributed by atoms with Crippen molar-refractivity contribution in [3.05, 3.63) is 188 Å². The highest BCUT2D eigenvalue weighted by Crippen LogP contribution is 2.26. The van der Waals surface area contributed by atoms with E-state index in [0.29, 0.717) is 0 Å². The van der Waals surface area contributed by atoms with Crippen LogP contribution in [0, 0.1) is 0 Å². The van der Waals surface area contributed by atoms with E-state index in [1.54, 1.807) is 0 Å². The summed E-state index contributed by atoms with van der Waals surface area (Å²) in [5.41, 5.74) is 6.14. The molecule has 0 aromatic heterocycles. The van der Waals surface area contributed by atoms with E-state index in [2.05, 4.69) is 188 Å². The van der Waals surface area contributed by atoms with E-state index in [1.165, 1.54) is 48.3 Å². The molecule has 0 atom stereocenters. The molecule has 0 spiro atoms. The van der Waals surface area contributed by atoms with Crippen LogP contribution in [0.3, 0.4) is 0 Å². The molecule has 0 fully saturated rings. The van der Waals surface area contributed by atoms with Crippen molar-refractivity contribution in [2.45, 2.75) is 0 Å². The van der Waals surface area contributed by atoms with Crippen LogP contribution >= 0.6 is 0 Å². The molecule has 8 rings (SSSR count). The smallest absolute Gasteiger partial charge is 0.251 e. The van der Waals surface area contributed by atoms with Gasteiger partial charge in [0, 0.05) is 0 Å². The van der Waals surface area contributed by atoms with Gasteiger partial charge in [0.25, 0.3) is 6.71 Å². The molecule has 0 saturated heterocycles. The number of fused-ring (bicyclic) bond motifs is 2. The lowest BCUT2D eigenvalue weighted by Crippen LogP contribution is -2.74. The molecule has 45 heavy (non-hydrogen) atoms. The normalized spacial score (nSPS) is 12.1. The molecule has 0 radical (unpaired) electrons. The Morgan fingerprint density at radius 2 is 0.711 bits per heavy atom. The number of ether oxygens (including phenoxy) is 1. The summed E-state index contributed by atoms with van der Waals surface area (Å²) in [6, 6.07) is 68.5. The first-order valence-corrected chi connectivity index (χ1v) is 17.6. The van der Waals surface area contributed by atoms with Crippen LogP contribution in [0.2, 0.25) is 0 Å². The molecular formula is C42H31BOSi. The third-order valence-corrected chi connectivity index (χ3v) is 14.0. The molecule has 1 nitrogen and oxygen atoms in total. The predicted octanol–water partition coefficient (Wildman–Crippen LogP) is 5.35. The molecule has 212 valence electrons. The maximum absolute atomic E-state index is 6.36. The average Bonchev–Trinajstić information content (AvgIpc) is 3.13. The van der Waals surface area contributed by atoms with Crippen molar-refractivity contribution in [3.63, 3.8) is 0 Å². The number of hydrogen-bond donors (Lipinski definition) is 0. The van der Waals surface area contributed by atoms with Crippen molar-refractivity contribution >= 4 is 51.9 Å². The van der Waals surface area contributed by atoms with Gasteiger partial charge in [0.1, 0.15) is 11.5 Å². The van der Waals surface area contributed by atoms with Crippen molar-refractivity contribution in [3.8, 4) is 22.6 Å². The molecule has 0 N–H and O–H groups in total. The van der Waals surface area contributed by atoms with Crippen molar-refractivity contribution in [2.75, 3.05) is 0 Å². The van der Waals surface area contributed by atoms with Crippen LogP contribution in [0.5, 0.6) is 11.5 Å². The average molecular weight is 591 g/mol. The minimum atomic E-state index is -2.58. The van der Waals surface area contributed by atoms with Crippen LogP contribution in [0.1, 0.15) is 0 Å². The van der Waals surface area contributed by atoms with Crippen molar-refractivity contribution in [2.24, 2.45) is 0 Å². The van der Waals surface area contributed by atoms with Crippen LogP contribution in [0.25, 0.3) is 11.1 Å². The van der Waals surface area contributed by atoms with Gasteiger partial charge < -0.3 is 4.74 Å². The zero-order valence-corrected chi connectivity index (χ0v) is 25.9. The molecule has 0 saturated carbocycles. The van der Waals surface area contributed by atoms with Gasteiger partial charge in [0.05, 0.1) is 0 Å². The van der Waals surface area contributed by atoms with E-state index in [4.69, 9.17) is 4.74 Å². The summed E-state index contributed by atoms with van der Waals surface area (Å²) in [6.45, 7) is 0.0773. The Morgan fingerprint density at radius 3 is 1.20 bits per heavy atom. The zero-order valence-electron chi connectivity index (χ0n) is 24.9. The third kappa shape index (κ3) is 4.64. The zero-order chi connectivity index (χ0) is 30.1. The highest BCUT2D eigenvalue weighted by molar-refractivity contribution is 7.19. The molecule has 0 aliphatic carbocycles. The minimum Gasteiger partial charge on any atom is -0.458 e. The van der Waals surface area contributed by atoms with Crippen LogP contribution in [-0.2, 0) is 0 Å². The van der Waals surface area contributed by atoms with Crippen molar-refractivity contribution < 1.29 is 4.74 Å². The maximum Gasteiger partial charge on any atom is 0.251 e. The number of benzene rings is 7. The summed E-state index contributed by atoms with van der Waals surface area (Å²) in [4.78, 5) is 0. The predicted molar refractivity (Wildman–Crippen MR) is 193 cm³/mol. The van der Waals surface area contributed by atoms with E-state index in [1.807, 2.05) is 0 Å². The molecule has 7 aromatic carbocycles. The van der Waals surface area contributed by atoms with Gasteiger partial charge in [-0.2, -0.15) is 0 Å². The SMILES string of the molecule is c1ccc([Si](c2ccccc2)(c2ccccc2)c2ccc(-c3ccccc3B3c4ccccc4Oc4ccccc43)cc2)cc1. The second-order valence-corrected chi connectivity index (χ2v) is 15.4. The van der Waals surface area contributed by atoms with E-state index < -0.39 is 8.07 Å². The third-order valence-electron chi connectivity index (χ3n) is 9.20. The van der Waals surface area contributed by atoms with Gasteiger partial charge in [-0.3, -0.25) is 0 Å². The second kappa shape index (κ2) is 11.6. The van der Waals surface area contributed by atoms with Gasteiger partial charge in [0.2, 0.25) is 0 Å². The molecule has 1 aliphatic rings. The largest absolute Gasteiger partial charge is 0.458 e. The standard InChI is InChI=1S/C42H31BOSi/c1-4-16-33(17-5-1)45(34-18-6-2-7-19-34,35-20-8-3-9-21-35)36-30-28-32(29-31-36)37-22-10-11-23-38(37)43-39-24-12-14-26-41(39)44-42-27-15-13-25-40(42)43/h1-31H. The Morgan fingerprint density at radius 1 is 0.333 bits per heavy atom. The molecule has 0 unspecified atom stereocenters. The van der Waals surface area contributed by atoms with Gasteiger partial charge in [-0.05, 0) is 54.9 Å². The Bertz CT molecular complexity index is 1930. The van der Waals surface area contributed by atoms with Gasteiger partial charge in [0.15, 0.2) is 8.07 Å². The van der Waals surface area contributed by atoms with Gasteiger partial charge in [-0.15, -0.1) is 0 Å². The minimum absolute atomic E-state index is 0.0773. The maximum atomic E-state index is 6.36. The highest BCUT2D eigenvalue weighted by atomic mass is 28.3. The highest BCUT2D eigenvalue weighted by Gasteiger charge is 2.41. The van der Waals surface area contributed by atoms with Crippen molar-refractivity contribution in [1.82, 2.24) is 0 Å². The number of rotatable bonds is 6. The van der Waals surface area contributed by atoms with Crippen LogP contribution in [0.15, 0.2) is 188 Å². The van der Waals surface area contributed by atoms with E-state index >= 15 is 0 Å². The van der Waals surface area contributed by atoms with E-state index in [-0.39, 0.29) is 6.71 Å². The fraction of sp³-hybridized carbons (Fsp3) is 0. The second-order valence-electron chi connectivity index (χ2n) is 11.6. The summed E-state index contributed by atoms with van der Waals surface area (Å²) in [6.07, 6.45) is 0. The summed E-state index contributed by atoms with van der Waals surface area (Å²) in [5, 5.41) is 5.51. The Labute approximate surface area is 266 Å². The van der Waals surface area contributed by atoms with Crippen LogP contribution < -0.4 is 41.9 Å².